The number of nitrogens with zero attached hydrogens (tertiary/aromatic N) is 2. The Labute approximate surface area is 92.9 Å². The average Bonchev–Trinajstić information content (AvgIpc) is 2.20. The number of ether oxygens (including phenoxy) is 1. The number of aromatic nitrogens is 2. The first-order chi connectivity index (χ1) is 7.13. The Hall–Kier alpha value is -1.42. The van der Waals surface area contributed by atoms with Gasteiger partial charge in [-0.1, -0.05) is 11.6 Å². The molecule has 0 saturated heterocycles. The average molecular weight is 227 g/mol. The van der Waals surface area contributed by atoms with Crippen molar-refractivity contribution in [2.45, 2.75) is 13.8 Å². The second kappa shape index (κ2) is 5.46. The van der Waals surface area contributed by atoms with Crippen molar-refractivity contribution >= 4 is 23.6 Å². The smallest absolute Gasteiger partial charge is 0.330 e. The van der Waals surface area contributed by atoms with Gasteiger partial charge in [-0.05, 0) is 19.9 Å². The van der Waals surface area contributed by atoms with Crippen LogP contribution in [-0.4, -0.2) is 22.5 Å². The van der Waals surface area contributed by atoms with Crippen LogP contribution in [0.4, 0.5) is 0 Å². The van der Waals surface area contributed by atoms with E-state index in [0.29, 0.717) is 23.1 Å². The largest absolute Gasteiger partial charge is 0.463 e. The van der Waals surface area contributed by atoms with E-state index >= 15 is 0 Å². The van der Waals surface area contributed by atoms with E-state index in [9.17, 15) is 4.79 Å². The maximum absolute atomic E-state index is 11.0. The number of halogens is 1. The lowest BCUT2D eigenvalue weighted by molar-refractivity contribution is -0.137. The van der Waals surface area contributed by atoms with Crippen LogP contribution >= 0.6 is 11.6 Å². The molecular weight excluding hydrogens is 216 g/mol. The number of hydrogen-bond donors (Lipinski definition) is 0. The summed E-state index contributed by atoms with van der Waals surface area (Å²) in [5.74, 6) is -0.396. The summed E-state index contributed by atoms with van der Waals surface area (Å²) in [4.78, 5) is 19.0. The molecule has 0 radical (unpaired) electrons. The summed E-state index contributed by atoms with van der Waals surface area (Å²) in [7, 11) is 0. The zero-order chi connectivity index (χ0) is 11.3. The van der Waals surface area contributed by atoms with E-state index in [1.165, 1.54) is 18.3 Å². The fourth-order valence-electron chi connectivity index (χ4n) is 0.909. The van der Waals surface area contributed by atoms with Gasteiger partial charge in [-0.15, -0.1) is 0 Å². The molecule has 0 bridgehead atoms. The van der Waals surface area contributed by atoms with Crippen LogP contribution in [0.5, 0.6) is 0 Å². The molecule has 80 valence electrons. The molecule has 5 heteroatoms. The van der Waals surface area contributed by atoms with Gasteiger partial charge in [0.15, 0.2) is 0 Å². The summed E-state index contributed by atoms with van der Waals surface area (Å²) in [5.41, 5.74) is 1.20. The molecule has 0 aliphatic rings. The lowest BCUT2D eigenvalue weighted by Gasteiger charge is -1.97. The van der Waals surface area contributed by atoms with Gasteiger partial charge in [0.05, 0.1) is 24.2 Å². The predicted molar refractivity (Wildman–Crippen MR) is 57.4 cm³/mol. The van der Waals surface area contributed by atoms with Crippen molar-refractivity contribution in [1.82, 2.24) is 9.97 Å². The van der Waals surface area contributed by atoms with E-state index in [4.69, 9.17) is 16.3 Å². The highest BCUT2D eigenvalue weighted by Crippen LogP contribution is 2.09. The standard InChI is InChI=1S/C10H11ClN2O2/c1-3-15-9(14)5-4-8-6-12-10(11)7(2)13-8/h4-6H,3H2,1-2H3/b5-4+. The third-order valence-corrected chi connectivity index (χ3v) is 1.95. The summed E-state index contributed by atoms with van der Waals surface area (Å²) in [6.45, 7) is 3.85. The van der Waals surface area contributed by atoms with Gasteiger partial charge in [-0.3, -0.25) is 0 Å². The van der Waals surface area contributed by atoms with Gasteiger partial charge in [0.2, 0.25) is 0 Å². The molecule has 1 aromatic rings. The van der Waals surface area contributed by atoms with Gasteiger partial charge in [0.25, 0.3) is 0 Å². The highest BCUT2D eigenvalue weighted by atomic mass is 35.5. The van der Waals surface area contributed by atoms with Crippen molar-refractivity contribution in [1.29, 1.82) is 0 Å². The molecule has 0 fully saturated rings. The molecule has 1 rings (SSSR count). The van der Waals surface area contributed by atoms with E-state index in [2.05, 4.69) is 9.97 Å². The molecule has 4 nitrogen and oxygen atoms in total. The maximum Gasteiger partial charge on any atom is 0.330 e. The molecule has 15 heavy (non-hydrogen) atoms. The lowest BCUT2D eigenvalue weighted by Crippen LogP contribution is -1.99. The van der Waals surface area contributed by atoms with Crippen molar-refractivity contribution < 1.29 is 9.53 Å². The van der Waals surface area contributed by atoms with Crippen LogP contribution in [-0.2, 0) is 9.53 Å². The quantitative estimate of drug-likeness (QED) is 0.585. The number of carbonyl (C=O) groups is 1. The summed E-state index contributed by atoms with van der Waals surface area (Å²) in [6.07, 6.45) is 4.33. The fraction of sp³-hybridized carbons (Fsp3) is 0.300. The van der Waals surface area contributed by atoms with E-state index in [-0.39, 0.29) is 0 Å². The lowest BCUT2D eigenvalue weighted by atomic mass is 10.3. The predicted octanol–water partition coefficient (Wildman–Crippen LogP) is 2.01. The molecule has 0 atom stereocenters. The van der Waals surface area contributed by atoms with Gasteiger partial charge < -0.3 is 4.74 Å². The molecule has 0 aliphatic heterocycles. The van der Waals surface area contributed by atoms with Crippen LogP contribution in [0.2, 0.25) is 5.15 Å². The first-order valence-corrected chi connectivity index (χ1v) is 4.85. The summed E-state index contributed by atoms with van der Waals surface area (Å²) in [6, 6.07) is 0. The minimum Gasteiger partial charge on any atom is -0.463 e. The Morgan fingerprint density at radius 2 is 2.40 bits per heavy atom. The highest BCUT2D eigenvalue weighted by Gasteiger charge is 1.99. The topological polar surface area (TPSA) is 52.1 Å². The molecule has 0 aliphatic carbocycles. The van der Waals surface area contributed by atoms with Crippen LogP contribution in [0.15, 0.2) is 12.3 Å². The summed E-state index contributed by atoms with van der Waals surface area (Å²) < 4.78 is 4.72. The highest BCUT2D eigenvalue weighted by molar-refractivity contribution is 6.29. The monoisotopic (exact) mass is 226 g/mol. The Bertz CT molecular complexity index is 391. The molecule has 0 aromatic carbocycles. The number of hydrogen-bond acceptors (Lipinski definition) is 4. The molecule has 0 N–H and O–H groups in total. The number of aryl methyl sites for hydroxylation is 1. The van der Waals surface area contributed by atoms with Crippen LogP contribution in [0.25, 0.3) is 6.08 Å². The van der Waals surface area contributed by atoms with Gasteiger partial charge >= 0.3 is 5.97 Å². The van der Waals surface area contributed by atoms with Gasteiger partial charge in [0, 0.05) is 6.08 Å². The molecule has 1 heterocycles. The van der Waals surface area contributed by atoms with Crippen molar-refractivity contribution in [3.8, 4) is 0 Å². The van der Waals surface area contributed by atoms with Crippen LogP contribution in [0.3, 0.4) is 0 Å². The zero-order valence-electron chi connectivity index (χ0n) is 8.53. The minimum absolute atomic E-state index is 0.356. The third-order valence-electron chi connectivity index (χ3n) is 1.58. The van der Waals surface area contributed by atoms with Gasteiger partial charge in [-0.2, -0.15) is 0 Å². The minimum atomic E-state index is -0.396. The second-order valence-electron chi connectivity index (χ2n) is 2.76. The van der Waals surface area contributed by atoms with Crippen molar-refractivity contribution in [3.63, 3.8) is 0 Å². The van der Waals surface area contributed by atoms with Gasteiger partial charge in [0.1, 0.15) is 5.15 Å². The molecule has 1 aromatic heterocycles. The van der Waals surface area contributed by atoms with Crippen molar-refractivity contribution in [2.75, 3.05) is 6.61 Å². The number of rotatable bonds is 3. The number of esters is 1. The summed E-state index contributed by atoms with van der Waals surface area (Å²) in [5, 5.41) is 0.364. The normalized spacial score (nSPS) is 10.6. The first-order valence-electron chi connectivity index (χ1n) is 4.47. The van der Waals surface area contributed by atoms with Crippen LogP contribution in [0.1, 0.15) is 18.3 Å². The molecule has 0 spiro atoms. The zero-order valence-corrected chi connectivity index (χ0v) is 9.28. The van der Waals surface area contributed by atoms with E-state index in [0.717, 1.165) is 0 Å². The first kappa shape index (κ1) is 11.7. The van der Waals surface area contributed by atoms with Crippen LogP contribution in [0, 0.1) is 6.92 Å². The van der Waals surface area contributed by atoms with Crippen LogP contribution < -0.4 is 0 Å². The third kappa shape index (κ3) is 3.67. The second-order valence-corrected chi connectivity index (χ2v) is 3.11. The van der Waals surface area contributed by atoms with Gasteiger partial charge in [-0.25, -0.2) is 14.8 Å². The molecular formula is C10H11ClN2O2. The number of carbonyl (C=O) groups excluding carboxylic acids is 1. The molecule has 0 unspecified atom stereocenters. The van der Waals surface area contributed by atoms with E-state index in [1.807, 2.05) is 0 Å². The maximum atomic E-state index is 11.0. The SMILES string of the molecule is CCOC(=O)/C=C/c1cnc(Cl)c(C)n1. The Morgan fingerprint density at radius 3 is 3.00 bits per heavy atom. The van der Waals surface area contributed by atoms with Crippen molar-refractivity contribution in [3.05, 3.63) is 28.8 Å². The molecule has 0 saturated carbocycles. The van der Waals surface area contributed by atoms with E-state index in [1.54, 1.807) is 13.8 Å². The molecule has 0 amide bonds. The Morgan fingerprint density at radius 1 is 1.67 bits per heavy atom. The Balaban J connectivity index is 2.72. The Kier molecular flexibility index (Phi) is 4.24. The fourth-order valence-corrected chi connectivity index (χ4v) is 1.00. The van der Waals surface area contributed by atoms with Crippen molar-refractivity contribution in [2.24, 2.45) is 0 Å². The van der Waals surface area contributed by atoms with E-state index < -0.39 is 5.97 Å². The summed E-state index contributed by atoms with van der Waals surface area (Å²) >= 11 is 5.70.